The lowest BCUT2D eigenvalue weighted by Crippen LogP contribution is -2.00. The Labute approximate surface area is 128 Å². The van der Waals surface area contributed by atoms with Crippen LogP contribution in [0.2, 0.25) is 0 Å². The number of rotatable bonds is 3. The highest BCUT2D eigenvalue weighted by molar-refractivity contribution is 9.10. The molecule has 4 heteroatoms. The minimum Gasteiger partial charge on any atom is -0.204 e. The molecule has 0 aromatic heterocycles. The molecule has 100 valence electrons. The van der Waals surface area contributed by atoms with Crippen LogP contribution in [0.25, 0.3) is 0 Å². The van der Waals surface area contributed by atoms with E-state index in [1.165, 1.54) is 6.07 Å². The van der Waals surface area contributed by atoms with Gasteiger partial charge in [0, 0.05) is 9.30 Å². The van der Waals surface area contributed by atoms with E-state index in [2.05, 4.69) is 31.9 Å². The molecule has 1 atom stereocenters. The highest BCUT2D eigenvalue weighted by Crippen LogP contribution is 2.30. The molecule has 0 nitrogen and oxygen atoms in total. The van der Waals surface area contributed by atoms with Gasteiger partial charge >= 0.3 is 0 Å². The quantitative estimate of drug-likeness (QED) is 0.589. The zero-order chi connectivity index (χ0) is 14.0. The van der Waals surface area contributed by atoms with Gasteiger partial charge in [-0.1, -0.05) is 56.1 Å². The van der Waals surface area contributed by atoms with Crippen LogP contribution in [-0.4, -0.2) is 0 Å². The van der Waals surface area contributed by atoms with Crippen molar-refractivity contribution in [3.8, 4) is 0 Å². The molecule has 0 heterocycles. The van der Waals surface area contributed by atoms with Crippen molar-refractivity contribution in [2.75, 3.05) is 0 Å². The largest absolute Gasteiger partial charge is 0.204 e. The molecule has 0 aliphatic rings. The number of aryl methyl sites for hydroxylation is 1. The van der Waals surface area contributed by atoms with Crippen LogP contribution in [0.4, 0.5) is 8.78 Å². The summed E-state index contributed by atoms with van der Waals surface area (Å²) in [7, 11) is 0. The zero-order valence-electron chi connectivity index (χ0n) is 10.3. The summed E-state index contributed by atoms with van der Waals surface area (Å²) in [4.78, 5) is -0.0457. The summed E-state index contributed by atoms with van der Waals surface area (Å²) in [6.07, 6.45) is 0.407. The van der Waals surface area contributed by atoms with Crippen molar-refractivity contribution in [3.63, 3.8) is 0 Å². The molecule has 0 radical (unpaired) electrons. The third-order valence-electron chi connectivity index (χ3n) is 2.97. The standard InChI is InChI=1S/C15H12Br2F2/c1-9-7-10(5-6-12(9)16)13(17)8-11-3-2-4-14(18)15(11)19/h2-7,13H,8H2,1H3. The summed E-state index contributed by atoms with van der Waals surface area (Å²) in [5, 5.41) is 0. The van der Waals surface area contributed by atoms with Gasteiger partial charge in [-0.05, 0) is 42.2 Å². The summed E-state index contributed by atoms with van der Waals surface area (Å²) < 4.78 is 27.8. The highest BCUT2D eigenvalue weighted by atomic mass is 79.9. The van der Waals surface area contributed by atoms with Crippen LogP contribution in [0, 0.1) is 18.6 Å². The maximum Gasteiger partial charge on any atom is 0.162 e. The van der Waals surface area contributed by atoms with Gasteiger partial charge < -0.3 is 0 Å². The van der Waals surface area contributed by atoms with Gasteiger partial charge in [-0.25, -0.2) is 8.78 Å². The lowest BCUT2D eigenvalue weighted by Gasteiger charge is -2.12. The summed E-state index contributed by atoms with van der Waals surface area (Å²) in [6, 6.07) is 10.2. The summed E-state index contributed by atoms with van der Waals surface area (Å²) in [5.74, 6) is -1.56. The first-order valence-corrected chi connectivity index (χ1v) is 7.53. The van der Waals surface area contributed by atoms with Gasteiger partial charge in [0.25, 0.3) is 0 Å². The average Bonchev–Trinajstić information content (AvgIpc) is 2.38. The van der Waals surface area contributed by atoms with Gasteiger partial charge in [-0.2, -0.15) is 0 Å². The van der Waals surface area contributed by atoms with Crippen molar-refractivity contribution >= 4 is 31.9 Å². The summed E-state index contributed by atoms with van der Waals surface area (Å²) >= 11 is 6.98. The maximum absolute atomic E-state index is 13.6. The van der Waals surface area contributed by atoms with Crippen molar-refractivity contribution in [2.45, 2.75) is 18.2 Å². The van der Waals surface area contributed by atoms with Crippen molar-refractivity contribution in [2.24, 2.45) is 0 Å². The molecule has 2 aromatic carbocycles. The second-order valence-electron chi connectivity index (χ2n) is 4.39. The van der Waals surface area contributed by atoms with Gasteiger partial charge in [0.1, 0.15) is 0 Å². The molecule has 0 saturated carbocycles. The smallest absolute Gasteiger partial charge is 0.162 e. The first-order valence-electron chi connectivity index (χ1n) is 5.82. The molecule has 2 aromatic rings. The van der Waals surface area contributed by atoms with Crippen LogP contribution < -0.4 is 0 Å². The van der Waals surface area contributed by atoms with E-state index in [9.17, 15) is 8.78 Å². The average molecular weight is 390 g/mol. The molecular weight excluding hydrogens is 378 g/mol. The molecule has 0 aliphatic heterocycles. The van der Waals surface area contributed by atoms with Crippen LogP contribution in [0.15, 0.2) is 40.9 Å². The number of hydrogen-bond acceptors (Lipinski definition) is 0. The molecule has 0 amide bonds. The predicted octanol–water partition coefficient (Wildman–Crippen LogP) is 5.71. The van der Waals surface area contributed by atoms with Crippen LogP contribution in [0.1, 0.15) is 21.5 Å². The fraction of sp³-hybridized carbons (Fsp3) is 0.200. The first-order chi connectivity index (χ1) is 8.99. The fourth-order valence-electron chi connectivity index (χ4n) is 1.88. The normalized spacial score (nSPS) is 12.5. The van der Waals surface area contributed by atoms with Gasteiger partial charge in [0.2, 0.25) is 0 Å². The van der Waals surface area contributed by atoms with Crippen LogP contribution >= 0.6 is 31.9 Å². The van der Waals surface area contributed by atoms with E-state index in [1.54, 1.807) is 6.07 Å². The van der Waals surface area contributed by atoms with E-state index >= 15 is 0 Å². The SMILES string of the molecule is Cc1cc(C(Br)Cc2cccc(F)c2F)ccc1Br. The Morgan fingerprint density at radius 1 is 1.16 bits per heavy atom. The van der Waals surface area contributed by atoms with E-state index < -0.39 is 11.6 Å². The summed E-state index contributed by atoms with van der Waals surface area (Å²) in [5.41, 5.74) is 2.54. The Kier molecular flexibility index (Phi) is 4.74. The molecule has 0 N–H and O–H groups in total. The Balaban J connectivity index is 2.23. The van der Waals surface area contributed by atoms with Gasteiger partial charge in [0.15, 0.2) is 11.6 Å². The van der Waals surface area contributed by atoms with E-state index in [1.807, 2.05) is 25.1 Å². The van der Waals surface area contributed by atoms with E-state index in [4.69, 9.17) is 0 Å². The van der Waals surface area contributed by atoms with E-state index in [0.717, 1.165) is 21.7 Å². The molecule has 2 rings (SSSR count). The predicted molar refractivity (Wildman–Crippen MR) is 80.6 cm³/mol. The van der Waals surface area contributed by atoms with Gasteiger partial charge in [-0.3, -0.25) is 0 Å². The second kappa shape index (κ2) is 6.14. The maximum atomic E-state index is 13.6. The molecule has 1 unspecified atom stereocenters. The van der Waals surface area contributed by atoms with Gasteiger partial charge in [0.05, 0.1) is 0 Å². The topological polar surface area (TPSA) is 0 Å². The number of alkyl halides is 1. The summed E-state index contributed by atoms with van der Waals surface area (Å²) in [6.45, 7) is 2.00. The fourth-order valence-corrected chi connectivity index (χ4v) is 2.76. The van der Waals surface area contributed by atoms with Crippen molar-refractivity contribution < 1.29 is 8.78 Å². The zero-order valence-corrected chi connectivity index (χ0v) is 13.4. The minimum atomic E-state index is -0.802. The van der Waals surface area contributed by atoms with Crippen molar-refractivity contribution in [1.82, 2.24) is 0 Å². The molecule has 19 heavy (non-hydrogen) atoms. The Bertz CT molecular complexity index is 597. The molecule has 0 spiro atoms. The first kappa shape index (κ1) is 14.7. The van der Waals surface area contributed by atoms with Gasteiger partial charge in [-0.15, -0.1) is 0 Å². The Morgan fingerprint density at radius 2 is 1.89 bits per heavy atom. The molecule has 0 aliphatic carbocycles. The minimum absolute atomic E-state index is 0.0457. The van der Waals surface area contributed by atoms with Crippen molar-refractivity contribution in [1.29, 1.82) is 0 Å². The Hall–Kier alpha value is -0.740. The third-order valence-corrected chi connectivity index (χ3v) is 4.72. The number of halogens is 4. The number of benzene rings is 2. The monoisotopic (exact) mass is 388 g/mol. The van der Waals surface area contributed by atoms with Crippen LogP contribution in [0.5, 0.6) is 0 Å². The number of hydrogen-bond donors (Lipinski definition) is 0. The molecule has 0 saturated heterocycles. The van der Waals surface area contributed by atoms with Crippen molar-refractivity contribution in [3.05, 3.63) is 69.2 Å². The molecule has 0 fully saturated rings. The molecular formula is C15H12Br2F2. The highest BCUT2D eigenvalue weighted by Gasteiger charge is 2.14. The van der Waals surface area contributed by atoms with Crippen LogP contribution in [0.3, 0.4) is 0 Å². The second-order valence-corrected chi connectivity index (χ2v) is 6.35. The van der Waals surface area contributed by atoms with Crippen LogP contribution in [-0.2, 0) is 6.42 Å². The molecule has 0 bridgehead atoms. The lowest BCUT2D eigenvalue weighted by atomic mass is 10.0. The van der Waals surface area contributed by atoms with E-state index in [-0.39, 0.29) is 4.83 Å². The lowest BCUT2D eigenvalue weighted by molar-refractivity contribution is 0.498. The Morgan fingerprint density at radius 3 is 2.58 bits per heavy atom. The van der Waals surface area contributed by atoms with E-state index in [0.29, 0.717) is 12.0 Å². The third kappa shape index (κ3) is 3.42.